The minimum atomic E-state index is -0.603. The molecular weight excluding hydrogens is 486 g/mol. The third-order valence-corrected chi connectivity index (χ3v) is 4.96. The number of non-ortho nitro benzene ring substituents is 1. The first-order valence-corrected chi connectivity index (χ1v) is 10.9. The summed E-state index contributed by atoms with van der Waals surface area (Å²) in [6.07, 6.45) is 0. The number of aryl methyl sites for hydroxylation is 1. The number of anilines is 1. The number of hydrazine groups is 1. The number of benzene rings is 3. The summed E-state index contributed by atoms with van der Waals surface area (Å²) >= 11 is 4.96. The molecule has 184 valence electrons. The Morgan fingerprint density at radius 2 is 1.58 bits per heavy atom. The van der Waals surface area contributed by atoms with Crippen LogP contribution in [0.2, 0.25) is 0 Å². The zero-order chi connectivity index (χ0) is 26.1. The summed E-state index contributed by atoms with van der Waals surface area (Å²) in [6.45, 7) is 1.44. The number of nitrogens with one attached hydrogen (secondary N) is 4. The zero-order valence-electron chi connectivity index (χ0n) is 18.9. The van der Waals surface area contributed by atoms with Crippen molar-refractivity contribution in [1.82, 2.24) is 16.2 Å². The molecular formula is C24H21N5O6S. The standard InChI is InChI=1S/C24H21N5O6S/c1-15-4-2-3-5-20(15)23(32)25-17-8-6-16(7-9-17)22(31)27-28-24(36)26-21(30)14-35-19-12-10-18(11-13-19)29(33)34/h2-13H,14H2,1H3,(H,25,32)(H,27,31)(H2,26,28,30,36). The summed E-state index contributed by atoms with van der Waals surface area (Å²) in [5.41, 5.74) is 6.85. The molecule has 0 spiro atoms. The summed E-state index contributed by atoms with van der Waals surface area (Å²) in [5.74, 6) is -1.12. The highest BCUT2D eigenvalue weighted by Gasteiger charge is 2.11. The fraction of sp³-hybridized carbons (Fsp3) is 0.0833. The Balaban J connectivity index is 1.42. The van der Waals surface area contributed by atoms with Gasteiger partial charge in [-0.25, -0.2) is 0 Å². The van der Waals surface area contributed by atoms with Crippen LogP contribution >= 0.6 is 12.2 Å². The summed E-state index contributed by atoms with van der Waals surface area (Å²) < 4.78 is 5.23. The Labute approximate surface area is 211 Å². The topological polar surface area (TPSA) is 152 Å². The molecule has 0 saturated heterocycles. The van der Waals surface area contributed by atoms with Crippen LogP contribution in [0.15, 0.2) is 72.8 Å². The number of thiocarbonyl (C=S) groups is 1. The Morgan fingerprint density at radius 1 is 0.917 bits per heavy atom. The van der Waals surface area contributed by atoms with Gasteiger partial charge in [0.25, 0.3) is 23.4 Å². The third-order valence-electron chi connectivity index (χ3n) is 4.75. The highest BCUT2D eigenvalue weighted by Crippen LogP contribution is 2.17. The quantitative estimate of drug-likeness (QED) is 0.216. The molecule has 3 aromatic carbocycles. The maximum Gasteiger partial charge on any atom is 0.269 e. The molecule has 36 heavy (non-hydrogen) atoms. The normalized spacial score (nSPS) is 10.0. The molecule has 0 bridgehead atoms. The van der Waals surface area contributed by atoms with Crippen molar-refractivity contribution in [2.75, 3.05) is 11.9 Å². The lowest BCUT2D eigenvalue weighted by molar-refractivity contribution is -0.384. The van der Waals surface area contributed by atoms with Crippen LogP contribution in [-0.2, 0) is 4.79 Å². The number of carbonyl (C=O) groups is 3. The van der Waals surface area contributed by atoms with Gasteiger partial charge in [-0.3, -0.25) is 40.7 Å². The molecule has 0 unspecified atom stereocenters. The number of nitrogens with zero attached hydrogens (tertiary/aromatic N) is 1. The highest BCUT2D eigenvalue weighted by atomic mass is 32.1. The fourth-order valence-electron chi connectivity index (χ4n) is 2.92. The van der Waals surface area contributed by atoms with Crippen LogP contribution in [-0.4, -0.2) is 34.4 Å². The van der Waals surface area contributed by atoms with E-state index in [4.69, 9.17) is 17.0 Å². The van der Waals surface area contributed by atoms with Crippen molar-refractivity contribution in [1.29, 1.82) is 0 Å². The van der Waals surface area contributed by atoms with E-state index in [0.717, 1.165) is 5.56 Å². The molecule has 0 fully saturated rings. The van der Waals surface area contributed by atoms with Gasteiger partial charge < -0.3 is 10.1 Å². The molecule has 11 nitrogen and oxygen atoms in total. The molecule has 3 rings (SSSR count). The maximum absolute atomic E-state index is 12.4. The highest BCUT2D eigenvalue weighted by molar-refractivity contribution is 7.80. The van der Waals surface area contributed by atoms with Gasteiger partial charge >= 0.3 is 0 Å². The Bertz CT molecular complexity index is 1300. The summed E-state index contributed by atoms with van der Waals surface area (Å²) in [5, 5.41) is 15.6. The molecule has 4 N–H and O–H groups in total. The average molecular weight is 508 g/mol. The number of hydrogen-bond donors (Lipinski definition) is 4. The molecule has 0 heterocycles. The van der Waals surface area contributed by atoms with Crippen LogP contribution in [0.5, 0.6) is 5.75 Å². The van der Waals surface area contributed by atoms with Gasteiger partial charge in [-0.2, -0.15) is 0 Å². The van der Waals surface area contributed by atoms with E-state index in [1.165, 1.54) is 36.4 Å². The maximum atomic E-state index is 12.4. The number of nitro benzene ring substituents is 1. The van der Waals surface area contributed by atoms with E-state index in [1.54, 1.807) is 24.3 Å². The van der Waals surface area contributed by atoms with Crippen molar-refractivity contribution in [2.45, 2.75) is 6.92 Å². The smallest absolute Gasteiger partial charge is 0.269 e. The van der Waals surface area contributed by atoms with Crippen LogP contribution in [0, 0.1) is 17.0 Å². The molecule has 3 aromatic rings. The molecule has 0 radical (unpaired) electrons. The van der Waals surface area contributed by atoms with E-state index in [-0.39, 0.29) is 28.0 Å². The SMILES string of the molecule is Cc1ccccc1C(=O)Nc1ccc(C(=O)NNC(=S)NC(=O)COc2ccc([N+](=O)[O-])cc2)cc1. The van der Waals surface area contributed by atoms with Crippen LogP contribution in [0.3, 0.4) is 0 Å². The second kappa shape index (κ2) is 12.0. The zero-order valence-corrected chi connectivity index (χ0v) is 19.8. The number of rotatable bonds is 7. The first kappa shape index (κ1) is 25.8. The van der Waals surface area contributed by atoms with Crippen LogP contribution in [0.1, 0.15) is 26.3 Å². The lowest BCUT2D eigenvalue weighted by Gasteiger charge is -2.12. The number of nitro groups is 1. The van der Waals surface area contributed by atoms with E-state index in [9.17, 15) is 24.5 Å². The molecule has 0 aliphatic heterocycles. The van der Waals surface area contributed by atoms with Crippen molar-refractivity contribution in [3.63, 3.8) is 0 Å². The first-order chi connectivity index (χ1) is 17.2. The van der Waals surface area contributed by atoms with E-state index in [0.29, 0.717) is 11.3 Å². The van der Waals surface area contributed by atoms with Gasteiger partial charge in [-0.05, 0) is 67.2 Å². The monoisotopic (exact) mass is 507 g/mol. The van der Waals surface area contributed by atoms with Crippen molar-refractivity contribution >= 4 is 46.4 Å². The van der Waals surface area contributed by atoms with E-state index >= 15 is 0 Å². The van der Waals surface area contributed by atoms with Crippen LogP contribution in [0.4, 0.5) is 11.4 Å². The summed E-state index contributed by atoms with van der Waals surface area (Å²) in [6, 6.07) is 18.6. The number of amides is 3. The lowest BCUT2D eigenvalue weighted by Crippen LogP contribution is -2.49. The van der Waals surface area contributed by atoms with Gasteiger partial charge in [0, 0.05) is 28.9 Å². The molecule has 0 aliphatic rings. The lowest BCUT2D eigenvalue weighted by atomic mass is 10.1. The Kier molecular flexibility index (Phi) is 8.62. The van der Waals surface area contributed by atoms with Crippen molar-refractivity contribution in [3.8, 4) is 5.75 Å². The second-order valence-electron chi connectivity index (χ2n) is 7.34. The number of carbonyl (C=O) groups excluding carboxylic acids is 3. The summed E-state index contributed by atoms with van der Waals surface area (Å²) in [7, 11) is 0. The van der Waals surface area contributed by atoms with E-state index < -0.39 is 23.3 Å². The molecule has 0 aromatic heterocycles. The van der Waals surface area contributed by atoms with Gasteiger partial charge in [0.2, 0.25) is 0 Å². The van der Waals surface area contributed by atoms with Gasteiger partial charge in [0.05, 0.1) is 4.92 Å². The predicted octanol–water partition coefficient (Wildman–Crippen LogP) is 2.87. The van der Waals surface area contributed by atoms with Gasteiger partial charge in [-0.1, -0.05) is 18.2 Å². The van der Waals surface area contributed by atoms with Crippen LogP contribution in [0.25, 0.3) is 0 Å². The van der Waals surface area contributed by atoms with E-state index in [1.807, 2.05) is 19.1 Å². The summed E-state index contributed by atoms with van der Waals surface area (Å²) in [4.78, 5) is 46.8. The van der Waals surface area contributed by atoms with E-state index in [2.05, 4.69) is 21.5 Å². The molecule has 12 heteroatoms. The Morgan fingerprint density at radius 3 is 2.22 bits per heavy atom. The number of hydrogen-bond acceptors (Lipinski definition) is 7. The van der Waals surface area contributed by atoms with Crippen molar-refractivity contribution in [2.24, 2.45) is 0 Å². The molecule has 0 atom stereocenters. The third kappa shape index (κ3) is 7.33. The van der Waals surface area contributed by atoms with Gasteiger partial charge in [-0.15, -0.1) is 0 Å². The molecule has 0 aliphatic carbocycles. The molecule has 0 saturated carbocycles. The second-order valence-corrected chi connectivity index (χ2v) is 7.75. The van der Waals surface area contributed by atoms with Gasteiger partial charge in [0.1, 0.15) is 5.75 Å². The van der Waals surface area contributed by atoms with Crippen molar-refractivity contribution in [3.05, 3.63) is 99.6 Å². The minimum absolute atomic E-state index is 0.102. The number of ether oxygens (including phenoxy) is 1. The fourth-order valence-corrected chi connectivity index (χ4v) is 3.09. The predicted molar refractivity (Wildman–Crippen MR) is 136 cm³/mol. The van der Waals surface area contributed by atoms with Crippen LogP contribution < -0.4 is 26.2 Å². The minimum Gasteiger partial charge on any atom is -0.484 e. The molecule has 3 amide bonds. The Hall–Kier alpha value is -4.84. The first-order valence-electron chi connectivity index (χ1n) is 10.5. The van der Waals surface area contributed by atoms with Gasteiger partial charge in [0.15, 0.2) is 11.7 Å². The largest absolute Gasteiger partial charge is 0.484 e. The van der Waals surface area contributed by atoms with Crippen molar-refractivity contribution < 1.29 is 24.0 Å². The average Bonchev–Trinajstić information content (AvgIpc) is 2.87.